The maximum atomic E-state index is 12.7. The van der Waals surface area contributed by atoms with Crippen LogP contribution in [0.15, 0.2) is 27.6 Å². The number of rotatable bonds is 3. The summed E-state index contributed by atoms with van der Waals surface area (Å²) in [6.07, 6.45) is -5.85. The molecule has 1 aliphatic rings. The predicted molar refractivity (Wildman–Crippen MR) is 82.5 cm³/mol. The van der Waals surface area contributed by atoms with Crippen molar-refractivity contribution >= 4 is 26.0 Å². The number of halogens is 4. The Morgan fingerprint density at radius 1 is 1.30 bits per heavy atom. The fraction of sp³-hybridized carbons (Fsp3) is 0.571. The number of nitrogens with one attached hydrogen (secondary N) is 1. The van der Waals surface area contributed by atoms with E-state index >= 15 is 0 Å². The molecule has 0 heterocycles. The number of sulfonamides is 1. The van der Waals surface area contributed by atoms with Crippen molar-refractivity contribution in [1.29, 1.82) is 0 Å². The summed E-state index contributed by atoms with van der Waals surface area (Å²) in [5, 5.41) is 9.60. The topological polar surface area (TPSA) is 66.4 Å². The first-order valence-corrected chi connectivity index (χ1v) is 9.30. The quantitative estimate of drug-likeness (QED) is 0.795. The molecule has 23 heavy (non-hydrogen) atoms. The highest BCUT2D eigenvalue weighted by Crippen LogP contribution is 2.41. The van der Waals surface area contributed by atoms with E-state index in [9.17, 15) is 26.7 Å². The third kappa shape index (κ3) is 4.07. The zero-order valence-corrected chi connectivity index (χ0v) is 14.7. The fourth-order valence-corrected chi connectivity index (χ4v) is 4.20. The molecular formula is C14H17BrF3NO3S. The van der Waals surface area contributed by atoms with Gasteiger partial charge in [-0.15, -0.1) is 0 Å². The molecule has 0 amide bonds. The first-order chi connectivity index (χ1) is 10.4. The lowest BCUT2D eigenvalue weighted by Gasteiger charge is -2.37. The molecule has 1 fully saturated rings. The van der Waals surface area contributed by atoms with Crippen LogP contribution in [0.1, 0.15) is 31.2 Å². The van der Waals surface area contributed by atoms with Crippen molar-refractivity contribution in [3.63, 3.8) is 0 Å². The molecule has 1 aromatic rings. The van der Waals surface area contributed by atoms with Gasteiger partial charge in [-0.3, -0.25) is 0 Å². The van der Waals surface area contributed by atoms with Crippen LogP contribution in [0.25, 0.3) is 0 Å². The summed E-state index contributed by atoms with van der Waals surface area (Å²) < 4.78 is 66.0. The molecule has 1 aliphatic carbocycles. The lowest BCUT2D eigenvalue weighted by Crippen LogP contribution is -2.51. The molecule has 9 heteroatoms. The highest BCUT2D eigenvalue weighted by atomic mass is 79.9. The second kappa shape index (κ2) is 6.34. The number of aliphatic hydroxyl groups is 1. The first kappa shape index (κ1) is 18.7. The zero-order chi connectivity index (χ0) is 17.5. The maximum Gasteiger partial charge on any atom is 0.417 e. The second-order valence-electron chi connectivity index (χ2n) is 5.84. The van der Waals surface area contributed by atoms with Gasteiger partial charge in [0.2, 0.25) is 10.0 Å². The Kier molecular flexibility index (Phi) is 5.16. The van der Waals surface area contributed by atoms with Gasteiger partial charge in [-0.2, -0.15) is 13.2 Å². The van der Waals surface area contributed by atoms with Crippen molar-refractivity contribution in [2.24, 2.45) is 0 Å². The minimum absolute atomic E-state index is 0.0647. The number of hydrogen-bond acceptors (Lipinski definition) is 3. The molecule has 0 saturated heterocycles. The average molecular weight is 416 g/mol. The van der Waals surface area contributed by atoms with Crippen LogP contribution in [-0.4, -0.2) is 31.3 Å². The van der Waals surface area contributed by atoms with Gasteiger partial charge in [0.25, 0.3) is 0 Å². The molecule has 0 unspecified atom stereocenters. The van der Waals surface area contributed by atoms with Crippen LogP contribution in [0.5, 0.6) is 0 Å². The van der Waals surface area contributed by atoms with Gasteiger partial charge in [0.15, 0.2) is 5.60 Å². The minimum atomic E-state index is -4.69. The molecule has 0 radical (unpaired) electrons. The van der Waals surface area contributed by atoms with Crippen LogP contribution in [0.2, 0.25) is 0 Å². The second-order valence-corrected chi connectivity index (χ2v) is 8.40. The highest BCUT2D eigenvalue weighted by Gasteiger charge is 2.54. The third-order valence-electron chi connectivity index (χ3n) is 4.10. The monoisotopic (exact) mass is 415 g/mol. The van der Waals surface area contributed by atoms with Gasteiger partial charge >= 0.3 is 6.18 Å². The summed E-state index contributed by atoms with van der Waals surface area (Å²) in [7, 11) is -3.81. The van der Waals surface area contributed by atoms with Crippen LogP contribution in [-0.2, 0) is 10.0 Å². The number of hydrogen-bond donors (Lipinski definition) is 2. The molecule has 0 aromatic heterocycles. The lowest BCUT2D eigenvalue weighted by molar-refractivity contribution is -0.270. The van der Waals surface area contributed by atoms with Crippen molar-refractivity contribution in [1.82, 2.24) is 4.72 Å². The summed E-state index contributed by atoms with van der Waals surface area (Å²) in [5.41, 5.74) is -1.98. The van der Waals surface area contributed by atoms with E-state index < -0.39 is 40.7 Å². The van der Waals surface area contributed by atoms with E-state index in [1.807, 2.05) is 0 Å². The van der Waals surface area contributed by atoms with E-state index in [1.165, 1.54) is 12.1 Å². The van der Waals surface area contributed by atoms with E-state index in [2.05, 4.69) is 20.7 Å². The normalized spacial score (nSPS) is 26.3. The van der Waals surface area contributed by atoms with Crippen molar-refractivity contribution in [3.8, 4) is 0 Å². The third-order valence-corrected chi connectivity index (χ3v) is 6.51. The SMILES string of the molecule is Cc1cc(S(=O)(=O)NC2CCC(O)(C(F)(F)F)CC2)ccc1Br. The molecule has 2 rings (SSSR count). The van der Waals surface area contributed by atoms with Crippen molar-refractivity contribution < 1.29 is 26.7 Å². The molecular weight excluding hydrogens is 399 g/mol. The summed E-state index contributed by atoms with van der Waals surface area (Å²) >= 11 is 3.28. The predicted octanol–water partition coefficient (Wildman–Crippen LogP) is 3.27. The van der Waals surface area contributed by atoms with Gasteiger partial charge in [-0.05, 0) is 56.4 Å². The summed E-state index contributed by atoms with van der Waals surface area (Å²) in [5.74, 6) is 0. The van der Waals surface area contributed by atoms with Gasteiger partial charge in [-0.1, -0.05) is 15.9 Å². The van der Waals surface area contributed by atoms with Crippen molar-refractivity contribution in [3.05, 3.63) is 28.2 Å². The largest absolute Gasteiger partial charge is 0.417 e. The van der Waals surface area contributed by atoms with Crippen LogP contribution in [0.3, 0.4) is 0 Å². The van der Waals surface area contributed by atoms with Crippen LogP contribution < -0.4 is 4.72 Å². The Balaban J connectivity index is 2.07. The molecule has 0 atom stereocenters. The summed E-state index contributed by atoms with van der Waals surface area (Å²) in [6.45, 7) is 1.74. The van der Waals surface area contributed by atoms with Gasteiger partial charge in [-0.25, -0.2) is 13.1 Å². The average Bonchev–Trinajstić information content (AvgIpc) is 2.43. The van der Waals surface area contributed by atoms with E-state index in [4.69, 9.17) is 0 Å². The van der Waals surface area contributed by atoms with Crippen molar-refractivity contribution in [2.75, 3.05) is 0 Å². The van der Waals surface area contributed by atoms with E-state index in [0.29, 0.717) is 0 Å². The van der Waals surface area contributed by atoms with E-state index in [-0.39, 0.29) is 17.7 Å². The van der Waals surface area contributed by atoms with Gasteiger partial charge < -0.3 is 5.11 Å². The molecule has 4 nitrogen and oxygen atoms in total. The summed E-state index contributed by atoms with van der Waals surface area (Å²) in [6, 6.07) is 3.90. The molecule has 2 N–H and O–H groups in total. The molecule has 0 aliphatic heterocycles. The number of aryl methyl sites for hydroxylation is 1. The maximum absolute atomic E-state index is 12.7. The zero-order valence-electron chi connectivity index (χ0n) is 12.3. The highest BCUT2D eigenvalue weighted by molar-refractivity contribution is 9.10. The molecule has 0 bridgehead atoms. The molecule has 1 aromatic carbocycles. The molecule has 1 saturated carbocycles. The minimum Gasteiger partial charge on any atom is -0.380 e. The lowest BCUT2D eigenvalue weighted by atomic mass is 9.82. The van der Waals surface area contributed by atoms with Crippen LogP contribution >= 0.6 is 15.9 Å². The fourth-order valence-electron chi connectivity index (χ4n) is 2.57. The van der Waals surface area contributed by atoms with Gasteiger partial charge in [0, 0.05) is 10.5 Å². The molecule has 0 spiro atoms. The Morgan fingerprint density at radius 2 is 1.87 bits per heavy atom. The van der Waals surface area contributed by atoms with Crippen LogP contribution in [0, 0.1) is 6.92 Å². The number of alkyl halides is 3. The standard InChI is InChI=1S/C14H17BrF3NO3S/c1-9-8-11(2-3-12(9)15)23(21,22)19-10-4-6-13(20,7-5-10)14(16,17)18/h2-3,8,10,19-20H,4-7H2,1H3. The molecule has 130 valence electrons. The van der Waals surface area contributed by atoms with E-state index in [1.54, 1.807) is 13.0 Å². The Morgan fingerprint density at radius 3 is 2.35 bits per heavy atom. The van der Waals surface area contributed by atoms with Gasteiger partial charge in [0.1, 0.15) is 0 Å². The van der Waals surface area contributed by atoms with Gasteiger partial charge in [0.05, 0.1) is 4.90 Å². The summed E-state index contributed by atoms with van der Waals surface area (Å²) in [4.78, 5) is 0.0647. The smallest absolute Gasteiger partial charge is 0.380 e. The van der Waals surface area contributed by atoms with Crippen LogP contribution in [0.4, 0.5) is 13.2 Å². The number of benzene rings is 1. The Bertz CT molecular complexity index is 683. The van der Waals surface area contributed by atoms with E-state index in [0.717, 1.165) is 10.0 Å². The first-order valence-electron chi connectivity index (χ1n) is 7.02. The Hall–Kier alpha value is -0.640. The van der Waals surface area contributed by atoms with Crippen molar-refractivity contribution in [2.45, 2.75) is 55.3 Å². The Labute approximate surface area is 141 Å².